The highest BCUT2D eigenvalue weighted by Crippen LogP contribution is 2.21. The highest BCUT2D eigenvalue weighted by molar-refractivity contribution is 6.33. The van der Waals surface area contributed by atoms with Crippen molar-refractivity contribution in [2.24, 2.45) is 0 Å². The Kier molecular flexibility index (Phi) is 5.45. The van der Waals surface area contributed by atoms with Crippen LogP contribution in [0.25, 0.3) is 0 Å². The van der Waals surface area contributed by atoms with Gasteiger partial charge in [0.25, 0.3) is 5.91 Å². The van der Waals surface area contributed by atoms with Gasteiger partial charge in [-0.05, 0) is 38.1 Å². The molecule has 1 fully saturated rings. The number of hydrogen-bond donors (Lipinski definition) is 1. The highest BCUT2D eigenvalue weighted by atomic mass is 35.5. The molecule has 1 heterocycles. The number of likely N-dealkylation sites (tertiary alicyclic amines) is 1. The van der Waals surface area contributed by atoms with Crippen LogP contribution in [0, 0.1) is 6.92 Å². The van der Waals surface area contributed by atoms with Crippen molar-refractivity contribution in [3.63, 3.8) is 0 Å². The maximum atomic E-state index is 12.3. The number of carbonyl (C=O) groups excluding carboxylic acids is 1. The zero-order chi connectivity index (χ0) is 12.4. The van der Waals surface area contributed by atoms with E-state index in [0.29, 0.717) is 16.6 Å². The molecule has 0 aromatic heterocycles. The Morgan fingerprint density at radius 3 is 2.78 bits per heavy atom. The highest BCUT2D eigenvalue weighted by Gasteiger charge is 2.26. The van der Waals surface area contributed by atoms with Gasteiger partial charge in [-0.2, -0.15) is 0 Å². The summed E-state index contributed by atoms with van der Waals surface area (Å²) in [6.45, 7) is 3.53. The lowest BCUT2D eigenvalue weighted by Gasteiger charge is -2.17. The lowest BCUT2D eigenvalue weighted by Crippen LogP contribution is -2.33. The SMILES string of the molecule is CNC1CCN(C(=O)c2ccc(C)cc2Cl)C1.Cl. The number of nitrogens with zero attached hydrogens (tertiary/aromatic N) is 1. The molecule has 0 spiro atoms. The molecule has 1 atom stereocenters. The first-order valence-electron chi connectivity index (χ1n) is 5.84. The lowest BCUT2D eigenvalue weighted by molar-refractivity contribution is 0.0790. The number of rotatable bonds is 2. The molecule has 0 saturated carbocycles. The van der Waals surface area contributed by atoms with Crippen LogP contribution in [0.3, 0.4) is 0 Å². The van der Waals surface area contributed by atoms with Gasteiger partial charge >= 0.3 is 0 Å². The van der Waals surface area contributed by atoms with Gasteiger partial charge in [0.15, 0.2) is 0 Å². The average molecular weight is 289 g/mol. The summed E-state index contributed by atoms with van der Waals surface area (Å²) in [7, 11) is 1.93. The second-order valence-corrected chi connectivity index (χ2v) is 4.92. The minimum atomic E-state index is 0. The number of amides is 1. The number of halogens is 2. The molecule has 1 N–H and O–H groups in total. The molecular formula is C13H18Cl2N2O. The molecule has 0 radical (unpaired) electrons. The molecule has 100 valence electrons. The van der Waals surface area contributed by atoms with Crippen molar-refractivity contribution in [1.29, 1.82) is 0 Å². The second-order valence-electron chi connectivity index (χ2n) is 4.51. The maximum Gasteiger partial charge on any atom is 0.255 e. The second kappa shape index (κ2) is 6.41. The summed E-state index contributed by atoms with van der Waals surface area (Å²) in [5.41, 5.74) is 1.68. The molecule has 1 aliphatic rings. The summed E-state index contributed by atoms with van der Waals surface area (Å²) in [4.78, 5) is 14.1. The normalized spacial score (nSPS) is 18.6. The Balaban J connectivity index is 0.00000162. The monoisotopic (exact) mass is 288 g/mol. The van der Waals surface area contributed by atoms with E-state index in [1.807, 2.05) is 37.1 Å². The van der Waals surface area contributed by atoms with Gasteiger partial charge in [0.2, 0.25) is 0 Å². The molecular weight excluding hydrogens is 271 g/mol. The third-order valence-electron chi connectivity index (χ3n) is 3.24. The van der Waals surface area contributed by atoms with Gasteiger partial charge in [0.05, 0.1) is 10.6 Å². The molecule has 5 heteroatoms. The minimum absolute atomic E-state index is 0. The largest absolute Gasteiger partial charge is 0.337 e. The Bertz CT molecular complexity index is 437. The van der Waals surface area contributed by atoms with Gasteiger partial charge < -0.3 is 10.2 Å². The smallest absolute Gasteiger partial charge is 0.255 e. The number of aryl methyl sites for hydroxylation is 1. The molecule has 1 aliphatic heterocycles. The molecule has 2 rings (SSSR count). The molecule has 18 heavy (non-hydrogen) atoms. The molecule has 3 nitrogen and oxygen atoms in total. The minimum Gasteiger partial charge on any atom is -0.337 e. The van der Waals surface area contributed by atoms with Crippen LogP contribution < -0.4 is 5.32 Å². The van der Waals surface area contributed by atoms with Gasteiger partial charge in [-0.3, -0.25) is 4.79 Å². The van der Waals surface area contributed by atoms with E-state index < -0.39 is 0 Å². The molecule has 1 amide bonds. The van der Waals surface area contributed by atoms with E-state index >= 15 is 0 Å². The third kappa shape index (κ3) is 3.16. The number of hydrogen-bond acceptors (Lipinski definition) is 2. The summed E-state index contributed by atoms with van der Waals surface area (Å²) < 4.78 is 0. The Morgan fingerprint density at radius 1 is 1.50 bits per heavy atom. The van der Waals surface area contributed by atoms with Crippen molar-refractivity contribution < 1.29 is 4.79 Å². The summed E-state index contributed by atoms with van der Waals surface area (Å²) in [6.07, 6.45) is 1.01. The van der Waals surface area contributed by atoms with Crippen LogP contribution >= 0.6 is 24.0 Å². The fraction of sp³-hybridized carbons (Fsp3) is 0.462. The van der Waals surface area contributed by atoms with Gasteiger partial charge in [-0.1, -0.05) is 17.7 Å². The van der Waals surface area contributed by atoms with Crippen molar-refractivity contribution in [2.75, 3.05) is 20.1 Å². The van der Waals surface area contributed by atoms with Crippen molar-refractivity contribution in [3.05, 3.63) is 34.3 Å². The van der Waals surface area contributed by atoms with Crippen LogP contribution in [-0.4, -0.2) is 37.0 Å². The van der Waals surface area contributed by atoms with E-state index in [9.17, 15) is 4.79 Å². The molecule has 0 bridgehead atoms. The van der Waals surface area contributed by atoms with E-state index in [0.717, 1.165) is 25.1 Å². The number of likely N-dealkylation sites (N-methyl/N-ethyl adjacent to an activating group) is 1. The van der Waals surface area contributed by atoms with Crippen LogP contribution in [0.2, 0.25) is 5.02 Å². The van der Waals surface area contributed by atoms with E-state index in [1.165, 1.54) is 0 Å². The van der Waals surface area contributed by atoms with E-state index in [-0.39, 0.29) is 18.3 Å². The van der Waals surface area contributed by atoms with Crippen molar-refractivity contribution in [1.82, 2.24) is 10.2 Å². The zero-order valence-corrected chi connectivity index (χ0v) is 12.1. The Morgan fingerprint density at radius 2 is 2.22 bits per heavy atom. The number of carbonyl (C=O) groups is 1. The quantitative estimate of drug-likeness (QED) is 0.907. The summed E-state index contributed by atoms with van der Waals surface area (Å²) in [5, 5.41) is 3.74. The van der Waals surface area contributed by atoms with Crippen molar-refractivity contribution in [2.45, 2.75) is 19.4 Å². The lowest BCUT2D eigenvalue weighted by atomic mass is 10.1. The predicted molar refractivity (Wildman–Crippen MR) is 76.8 cm³/mol. The predicted octanol–water partition coefficient (Wildman–Crippen LogP) is 2.50. The molecule has 1 unspecified atom stereocenters. The van der Waals surface area contributed by atoms with Gasteiger partial charge in [0, 0.05) is 19.1 Å². The van der Waals surface area contributed by atoms with Crippen LogP contribution in [0.15, 0.2) is 18.2 Å². The first-order valence-corrected chi connectivity index (χ1v) is 6.22. The summed E-state index contributed by atoms with van der Waals surface area (Å²) in [6, 6.07) is 5.97. The Hall–Kier alpha value is -0.770. The van der Waals surface area contributed by atoms with Crippen LogP contribution in [-0.2, 0) is 0 Å². The van der Waals surface area contributed by atoms with Gasteiger partial charge in [-0.25, -0.2) is 0 Å². The fourth-order valence-electron chi connectivity index (χ4n) is 2.14. The number of benzene rings is 1. The topological polar surface area (TPSA) is 32.3 Å². The molecule has 0 aliphatic carbocycles. The fourth-order valence-corrected chi connectivity index (χ4v) is 2.46. The van der Waals surface area contributed by atoms with Crippen molar-refractivity contribution in [3.8, 4) is 0 Å². The molecule has 1 aromatic carbocycles. The van der Waals surface area contributed by atoms with E-state index in [4.69, 9.17) is 11.6 Å². The molecule has 1 saturated heterocycles. The summed E-state index contributed by atoms with van der Waals surface area (Å²) in [5.74, 6) is 0.0350. The van der Waals surface area contributed by atoms with Crippen LogP contribution in [0.4, 0.5) is 0 Å². The van der Waals surface area contributed by atoms with Gasteiger partial charge in [-0.15, -0.1) is 12.4 Å². The standard InChI is InChI=1S/C13H17ClN2O.ClH/c1-9-3-4-11(12(14)7-9)13(17)16-6-5-10(8-16)15-2;/h3-4,7,10,15H,5-6,8H2,1-2H3;1H. The Labute approximate surface area is 119 Å². The van der Waals surface area contributed by atoms with E-state index in [1.54, 1.807) is 0 Å². The summed E-state index contributed by atoms with van der Waals surface area (Å²) >= 11 is 6.11. The van der Waals surface area contributed by atoms with Crippen LogP contribution in [0.5, 0.6) is 0 Å². The van der Waals surface area contributed by atoms with E-state index in [2.05, 4.69) is 5.32 Å². The molecule has 1 aromatic rings. The zero-order valence-electron chi connectivity index (χ0n) is 10.6. The van der Waals surface area contributed by atoms with Gasteiger partial charge in [0.1, 0.15) is 0 Å². The van der Waals surface area contributed by atoms with Crippen LogP contribution in [0.1, 0.15) is 22.3 Å². The third-order valence-corrected chi connectivity index (χ3v) is 3.55. The first-order chi connectivity index (χ1) is 8.11. The average Bonchev–Trinajstić information content (AvgIpc) is 2.76. The van der Waals surface area contributed by atoms with Crippen molar-refractivity contribution >= 4 is 29.9 Å². The first kappa shape index (κ1) is 15.3. The maximum absolute atomic E-state index is 12.3. The number of nitrogens with one attached hydrogen (secondary N) is 1.